The van der Waals surface area contributed by atoms with Gasteiger partial charge in [0.25, 0.3) is 0 Å². The standard InChI is InChI=1S/C16H17BrClNO/c17-13-7-6-12(16(18)11-13)10-14(19)8-9-20-15-4-2-1-3-5-15/h1-7,11,14H,8-10,19H2. The van der Waals surface area contributed by atoms with Crippen LogP contribution in [0.2, 0.25) is 5.02 Å². The molecule has 0 saturated heterocycles. The summed E-state index contributed by atoms with van der Waals surface area (Å²) in [6, 6.07) is 15.7. The van der Waals surface area contributed by atoms with Gasteiger partial charge < -0.3 is 10.5 Å². The maximum Gasteiger partial charge on any atom is 0.119 e. The average Bonchev–Trinajstić information content (AvgIpc) is 2.43. The van der Waals surface area contributed by atoms with Crippen molar-refractivity contribution in [3.05, 3.63) is 63.6 Å². The molecule has 2 rings (SSSR count). The molecule has 20 heavy (non-hydrogen) atoms. The summed E-state index contributed by atoms with van der Waals surface area (Å²) in [5, 5.41) is 0.749. The zero-order chi connectivity index (χ0) is 14.4. The van der Waals surface area contributed by atoms with Crippen LogP contribution in [0.1, 0.15) is 12.0 Å². The van der Waals surface area contributed by atoms with Crippen molar-refractivity contribution < 1.29 is 4.74 Å². The number of nitrogens with two attached hydrogens (primary N) is 1. The van der Waals surface area contributed by atoms with Gasteiger partial charge in [0, 0.05) is 15.5 Å². The molecule has 0 amide bonds. The van der Waals surface area contributed by atoms with Gasteiger partial charge in [0.15, 0.2) is 0 Å². The Bertz CT molecular complexity index is 547. The highest BCUT2D eigenvalue weighted by Crippen LogP contribution is 2.22. The number of ether oxygens (including phenoxy) is 1. The maximum absolute atomic E-state index is 6.19. The Morgan fingerprint density at radius 3 is 2.60 bits per heavy atom. The predicted molar refractivity (Wildman–Crippen MR) is 87.4 cm³/mol. The van der Waals surface area contributed by atoms with Crippen molar-refractivity contribution in [2.45, 2.75) is 18.9 Å². The van der Waals surface area contributed by atoms with E-state index >= 15 is 0 Å². The molecule has 0 heterocycles. The lowest BCUT2D eigenvalue weighted by molar-refractivity contribution is 0.297. The van der Waals surface area contributed by atoms with E-state index in [2.05, 4.69) is 15.9 Å². The quantitative estimate of drug-likeness (QED) is 0.832. The van der Waals surface area contributed by atoms with Crippen LogP contribution in [0.4, 0.5) is 0 Å². The number of para-hydroxylation sites is 1. The van der Waals surface area contributed by atoms with E-state index in [-0.39, 0.29) is 6.04 Å². The van der Waals surface area contributed by atoms with Crippen molar-refractivity contribution in [1.29, 1.82) is 0 Å². The Hall–Kier alpha value is -1.03. The zero-order valence-corrected chi connectivity index (χ0v) is 13.4. The molecule has 1 unspecified atom stereocenters. The number of benzene rings is 2. The number of rotatable bonds is 6. The van der Waals surface area contributed by atoms with Gasteiger partial charge in [-0.05, 0) is 42.7 Å². The molecule has 106 valence electrons. The monoisotopic (exact) mass is 353 g/mol. The van der Waals surface area contributed by atoms with Crippen molar-refractivity contribution >= 4 is 27.5 Å². The van der Waals surface area contributed by atoms with Gasteiger partial charge in [-0.3, -0.25) is 0 Å². The van der Waals surface area contributed by atoms with E-state index in [1.54, 1.807) is 0 Å². The van der Waals surface area contributed by atoms with Crippen molar-refractivity contribution in [2.24, 2.45) is 5.73 Å². The van der Waals surface area contributed by atoms with Crippen LogP contribution in [-0.4, -0.2) is 12.6 Å². The summed E-state index contributed by atoms with van der Waals surface area (Å²) in [7, 11) is 0. The molecule has 0 fully saturated rings. The molecule has 4 heteroatoms. The molecule has 2 N–H and O–H groups in total. The molecule has 0 spiro atoms. The molecular weight excluding hydrogens is 338 g/mol. The summed E-state index contributed by atoms with van der Waals surface area (Å²) in [4.78, 5) is 0. The highest BCUT2D eigenvalue weighted by atomic mass is 79.9. The van der Waals surface area contributed by atoms with Crippen LogP contribution in [0.15, 0.2) is 53.0 Å². The SMILES string of the molecule is NC(CCOc1ccccc1)Cc1ccc(Br)cc1Cl. The Morgan fingerprint density at radius 2 is 1.90 bits per heavy atom. The Kier molecular flexibility index (Phi) is 5.89. The smallest absolute Gasteiger partial charge is 0.119 e. The second-order valence-electron chi connectivity index (χ2n) is 4.65. The van der Waals surface area contributed by atoms with E-state index in [9.17, 15) is 0 Å². The lowest BCUT2D eigenvalue weighted by atomic mass is 10.0. The second kappa shape index (κ2) is 7.67. The first-order valence-corrected chi connectivity index (χ1v) is 7.69. The fourth-order valence-electron chi connectivity index (χ4n) is 1.92. The fourth-order valence-corrected chi connectivity index (χ4v) is 2.67. The summed E-state index contributed by atoms with van der Waals surface area (Å²) in [5.41, 5.74) is 7.20. The molecule has 0 saturated carbocycles. The molecule has 0 aliphatic rings. The molecule has 0 bridgehead atoms. The number of hydrogen-bond acceptors (Lipinski definition) is 2. The van der Waals surface area contributed by atoms with Gasteiger partial charge in [0.2, 0.25) is 0 Å². The first-order valence-electron chi connectivity index (χ1n) is 6.52. The minimum atomic E-state index is 0.0392. The van der Waals surface area contributed by atoms with Crippen molar-refractivity contribution in [3.8, 4) is 5.75 Å². The van der Waals surface area contributed by atoms with Gasteiger partial charge in [-0.25, -0.2) is 0 Å². The number of hydrogen-bond donors (Lipinski definition) is 1. The minimum Gasteiger partial charge on any atom is -0.494 e. The van der Waals surface area contributed by atoms with E-state index in [1.165, 1.54) is 0 Å². The zero-order valence-electron chi connectivity index (χ0n) is 11.1. The van der Waals surface area contributed by atoms with E-state index in [0.717, 1.165) is 33.6 Å². The lowest BCUT2D eigenvalue weighted by Gasteiger charge is -2.13. The first kappa shape index (κ1) is 15.4. The normalized spacial score (nSPS) is 12.2. The van der Waals surface area contributed by atoms with Crippen LogP contribution in [0.5, 0.6) is 5.75 Å². The van der Waals surface area contributed by atoms with Gasteiger partial charge in [0.1, 0.15) is 5.75 Å². The van der Waals surface area contributed by atoms with Crippen molar-refractivity contribution in [3.63, 3.8) is 0 Å². The summed E-state index contributed by atoms with van der Waals surface area (Å²) in [6.07, 6.45) is 1.55. The van der Waals surface area contributed by atoms with Crippen LogP contribution in [0, 0.1) is 0 Å². The second-order valence-corrected chi connectivity index (χ2v) is 5.97. The summed E-state index contributed by atoms with van der Waals surface area (Å²) < 4.78 is 6.62. The lowest BCUT2D eigenvalue weighted by Crippen LogP contribution is -2.25. The number of halogens is 2. The van der Waals surface area contributed by atoms with E-state index < -0.39 is 0 Å². The molecule has 1 atom stereocenters. The Labute approximate surface area is 133 Å². The topological polar surface area (TPSA) is 35.2 Å². The summed E-state index contributed by atoms with van der Waals surface area (Å²) >= 11 is 9.58. The largest absolute Gasteiger partial charge is 0.494 e. The summed E-state index contributed by atoms with van der Waals surface area (Å²) in [6.45, 7) is 0.610. The van der Waals surface area contributed by atoms with E-state index in [4.69, 9.17) is 22.1 Å². The van der Waals surface area contributed by atoms with Crippen molar-refractivity contribution in [2.75, 3.05) is 6.61 Å². The van der Waals surface area contributed by atoms with Gasteiger partial charge >= 0.3 is 0 Å². The van der Waals surface area contributed by atoms with Gasteiger partial charge in [0.05, 0.1) is 6.61 Å². The van der Waals surface area contributed by atoms with Crippen LogP contribution in [-0.2, 0) is 6.42 Å². The van der Waals surface area contributed by atoms with E-state index in [0.29, 0.717) is 6.61 Å². The Morgan fingerprint density at radius 1 is 1.15 bits per heavy atom. The average molecular weight is 355 g/mol. The van der Waals surface area contributed by atoms with Crippen LogP contribution in [0.3, 0.4) is 0 Å². The molecule has 0 radical (unpaired) electrons. The van der Waals surface area contributed by atoms with Gasteiger partial charge in [-0.15, -0.1) is 0 Å². The third-order valence-electron chi connectivity index (χ3n) is 3.00. The highest BCUT2D eigenvalue weighted by Gasteiger charge is 2.08. The predicted octanol–water partition coefficient (Wildman–Crippen LogP) is 4.44. The molecule has 0 aliphatic heterocycles. The molecule has 2 aromatic rings. The molecule has 2 nitrogen and oxygen atoms in total. The third-order valence-corrected chi connectivity index (χ3v) is 3.84. The summed E-state index contributed by atoms with van der Waals surface area (Å²) in [5.74, 6) is 0.876. The van der Waals surface area contributed by atoms with Crippen LogP contribution >= 0.6 is 27.5 Å². The Balaban J connectivity index is 1.79. The molecule has 0 aromatic heterocycles. The van der Waals surface area contributed by atoms with Crippen LogP contribution in [0.25, 0.3) is 0 Å². The van der Waals surface area contributed by atoms with Gasteiger partial charge in [-0.2, -0.15) is 0 Å². The van der Waals surface area contributed by atoms with Crippen LogP contribution < -0.4 is 10.5 Å². The minimum absolute atomic E-state index is 0.0392. The first-order chi connectivity index (χ1) is 9.65. The molecular formula is C16H17BrClNO. The molecule has 2 aromatic carbocycles. The highest BCUT2D eigenvalue weighted by molar-refractivity contribution is 9.10. The fraction of sp³-hybridized carbons (Fsp3) is 0.250. The third kappa shape index (κ3) is 4.82. The maximum atomic E-state index is 6.19. The molecule has 0 aliphatic carbocycles. The van der Waals surface area contributed by atoms with Crippen molar-refractivity contribution in [1.82, 2.24) is 0 Å². The van der Waals surface area contributed by atoms with E-state index in [1.807, 2.05) is 48.5 Å². The van der Waals surface area contributed by atoms with Gasteiger partial charge in [-0.1, -0.05) is 51.8 Å².